The molecule has 0 fully saturated rings. The van der Waals surface area contributed by atoms with Crippen LogP contribution in [0.2, 0.25) is 0 Å². The number of carbonyl (C=O) groups excluding carboxylic acids is 1. The monoisotopic (exact) mass is 219 g/mol. The average molecular weight is 219 g/mol. The minimum Gasteiger partial charge on any atom is -0.396 e. The van der Waals surface area contributed by atoms with Crippen molar-refractivity contribution in [3.63, 3.8) is 0 Å². The fraction of sp³-hybridized carbons (Fsp3) is 0.900. The van der Waals surface area contributed by atoms with Gasteiger partial charge in [0.1, 0.15) is 0 Å². The summed E-state index contributed by atoms with van der Waals surface area (Å²) in [5.41, 5.74) is 0. The van der Waals surface area contributed by atoms with Gasteiger partial charge in [-0.15, -0.1) is 0 Å². The molecule has 0 aromatic carbocycles. The summed E-state index contributed by atoms with van der Waals surface area (Å²) in [6.45, 7) is 4.21. The van der Waals surface area contributed by atoms with Crippen molar-refractivity contribution in [1.82, 2.24) is 5.32 Å². The Balaban J connectivity index is 3.60. The second kappa shape index (κ2) is 8.12. The molecule has 2 unspecified atom stereocenters. The highest BCUT2D eigenvalue weighted by atomic mass is 32.2. The Morgan fingerprint density at radius 2 is 2.14 bits per heavy atom. The molecule has 0 heterocycles. The Kier molecular flexibility index (Phi) is 7.99. The summed E-state index contributed by atoms with van der Waals surface area (Å²) in [6.07, 6.45) is 4.17. The Morgan fingerprint density at radius 3 is 2.64 bits per heavy atom. The van der Waals surface area contributed by atoms with Gasteiger partial charge in [0.05, 0.1) is 0 Å². The van der Waals surface area contributed by atoms with Crippen molar-refractivity contribution in [1.29, 1.82) is 0 Å². The van der Waals surface area contributed by atoms with Crippen molar-refractivity contribution in [2.24, 2.45) is 0 Å². The van der Waals surface area contributed by atoms with Crippen LogP contribution in [0.25, 0.3) is 0 Å². The number of hydrogen-bond acceptors (Lipinski definition) is 3. The van der Waals surface area contributed by atoms with Crippen LogP contribution in [0.5, 0.6) is 0 Å². The largest absolute Gasteiger partial charge is 0.396 e. The minimum absolute atomic E-state index is 0.109. The van der Waals surface area contributed by atoms with Crippen LogP contribution in [0.3, 0.4) is 0 Å². The van der Waals surface area contributed by atoms with Crippen LogP contribution in [0.1, 0.15) is 33.1 Å². The Hall–Kier alpha value is -0.220. The van der Waals surface area contributed by atoms with E-state index in [1.54, 1.807) is 11.8 Å². The fourth-order valence-electron chi connectivity index (χ4n) is 1.15. The van der Waals surface area contributed by atoms with Gasteiger partial charge in [-0.05, 0) is 26.0 Å². The van der Waals surface area contributed by atoms with Gasteiger partial charge in [0.2, 0.25) is 5.91 Å². The number of thioether (sulfide) groups is 1. The second-order valence-electron chi connectivity index (χ2n) is 3.58. The summed E-state index contributed by atoms with van der Waals surface area (Å²) in [5.74, 6) is 0.109. The number of aliphatic hydroxyl groups is 1. The van der Waals surface area contributed by atoms with Gasteiger partial charge in [-0.2, -0.15) is 11.8 Å². The molecule has 0 aliphatic rings. The van der Waals surface area contributed by atoms with E-state index in [4.69, 9.17) is 5.11 Å². The maximum Gasteiger partial charge on any atom is 0.221 e. The summed E-state index contributed by atoms with van der Waals surface area (Å²) in [6, 6.07) is 0.170. The fourth-order valence-corrected chi connectivity index (χ4v) is 1.47. The lowest BCUT2D eigenvalue weighted by atomic mass is 10.2. The lowest BCUT2D eigenvalue weighted by Gasteiger charge is -2.14. The molecule has 0 bridgehead atoms. The molecule has 0 spiro atoms. The van der Waals surface area contributed by atoms with Crippen LogP contribution >= 0.6 is 11.8 Å². The van der Waals surface area contributed by atoms with E-state index < -0.39 is 0 Å². The second-order valence-corrected chi connectivity index (χ2v) is 4.86. The molecule has 0 saturated heterocycles. The van der Waals surface area contributed by atoms with E-state index in [2.05, 4.69) is 5.32 Å². The highest BCUT2D eigenvalue weighted by Crippen LogP contribution is 2.09. The number of aliphatic hydroxyl groups excluding tert-OH is 1. The molecule has 0 aliphatic carbocycles. The van der Waals surface area contributed by atoms with Gasteiger partial charge in [-0.25, -0.2) is 0 Å². The van der Waals surface area contributed by atoms with E-state index in [1.807, 2.05) is 20.1 Å². The highest BCUT2D eigenvalue weighted by molar-refractivity contribution is 7.99. The molecule has 4 heteroatoms. The zero-order valence-corrected chi connectivity index (χ0v) is 10.1. The summed E-state index contributed by atoms with van der Waals surface area (Å²) in [5, 5.41) is 11.9. The van der Waals surface area contributed by atoms with E-state index in [9.17, 15) is 4.79 Å². The number of amides is 1. The topological polar surface area (TPSA) is 49.3 Å². The molecule has 0 rings (SSSR count). The first-order chi connectivity index (χ1) is 6.60. The summed E-state index contributed by atoms with van der Waals surface area (Å²) in [4.78, 5) is 11.4. The maximum absolute atomic E-state index is 11.4. The summed E-state index contributed by atoms with van der Waals surface area (Å²) in [7, 11) is 0. The number of nitrogens with one attached hydrogen (secondary N) is 1. The predicted molar refractivity (Wildman–Crippen MR) is 61.5 cm³/mol. The van der Waals surface area contributed by atoms with Gasteiger partial charge < -0.3 is 10.4 Å². The lowest BCUT2D eigenvalue weighted by molar-refractivity contribution is -0.121. The van der Waals surface area contributed by atoms with Crippen LogP contribution in [0, 0.1) is 0 Å². The summed E-state index contributed by atoms with van der Waals surface area (Å²) >= 11 is 1.70. The first kappa shape index (κ1) is 13.8. The third-order valence-electron chi connectivity index (χ3n) is 2.08. The maximum atomic E-state index is 11.4. The quantitative estimate of drug-likeness (QED) is 0.680. The van der Waals surface area contributed by atoms with Gasteiger partial charge in [-0.3, -0.25) is 4.79 Å². The minimum atomic E-state index is 0.109. The predicted octanol–water partition coefficient (Wildman–Crippen LogP) is 1.41. The van der Waals surface area contributed by atoms with E-state index >= 15 is 0 Å². The zero-order valence-electron chi connectivity index (χ0n) is 9.25. The molecule has 2 N–H and O–H groups in total. The molecule has 0 aliphatic heterocycles. The van der Waals surface area contributed by atoms with Gasteiger partial charge in [0.25, 0.3) is 0 Å². The van der Waals surface area contributed by atoms with Crippen LogP contribution in [0.15, 0.2) is 0 Å². The summed E-state index contributed by atoms with van der Waals surface area (Å²) < 4.78 is 0. The van der Waals surface area contributed by atoms with Crippen molar-refractivity contribution in [2.45, 2.75) is 44.4 Å². The van der Waals surface area contributed by atoms with Crippen molar-refractivity contribution < 1.29 is 9.90 Å². The normalized spacial score (nSPS) is 14.9. The average Bonchev–Trinajstić information content (AvgIpc) is 2.14. The Morgan fingerprint density at radius 1 is 1.50 bits per heavy atom. The molecule has 2 atom stereocenters. The third kappa shape index (κ3) is 7.21. The molecule has 84 valence electrons. The van der Waals surface area contributed by atoms with Crippen LogP contribution in [0.4, 0.5) is 0 Å². The molecule has 0 radical (unpaired) electrons. The van der Waals surface area contributed by atoms with Crippen molar-refractivity contribution in [3.05, 3.63) is 0 Å². The van der Waals surface area contributed by atoms with Gasteiger partial charge in [0, 0.05) is 24.3 Å². The standard InChI is InChI=1S/C10H21NO2S/c1-8(5-4-6-12)11-10(13)7-9(2)14-3/h8-9,12H,4-7H2,1-3H3,(H,11,13). The Bertz CT molecular complexity index is 164. The Labute approximate surface area is 90.7 Å². The van der Waals surface area contributed by atoms with Crippen LogP contribution in [-0.2, 0) is 4.79 Å². The van der Waals surface area contributed by atoms with E-state index in [-0.39, 0.29) is 18.6 Å². The third-order valence-corrected chi connectivity index (χ3v) is 3.05. The molecular weight excluding hydrogens is 198 g/mol. The molecule has 3 nitrogen and oxygen atoms in total. The molecule has 1 amide bonds. The first-order valence-electron chi connectivity index (χ1n) is 5.03. The first-order valence-corrected chi connectivity index (χ1v) is 6.32. The molecule has 14 heavy (non-hydrogen) atoms. The van der Waals surface area contributed by atoms with Crippen LogP contribution < -0.4 is 5.32 Å². The smallest absolute Gasteiger partial charge is 0.221 e. The SMILES string of the molecule is CSC(C)CC(=O)NC(C)CCCO. The number of carbonyl (C=O) groups is 1. The molecule has 0 aromatic heterocycles. The van der Waals surface area contributed by atoms with Gasteiger partial charge >= 0.3 is 0 Å². The van der Waals surface area contributed by atoms with Crippen molar-refractivity contribution in [3.8, 4) is 0 Å². The highest BCUT2D eigenvalue weighted by Gasteiger charge is 2.10. The van der Waals surface area contributed by atoms with E-state index in [0.29, 0.717) is 11.7 Å². The van der Waals surface area contributed by atoms with Gasteiger partial charge in [0.15, 0.2) is 0 Å². The van der Waals surface area contributed by atoms with E-state index in [0.717, 1.165) is 12.8 Å². The molecular formula is C10H21NO2S. The molecule has 0 saturated carbocycles. The van der Waals surface area contributed by atoms with E-state index in [1.165, 1.54) is 0 Å². The number of rotatable bonds is 7. The lowest BCUT2D eigenvalue weighted by Crippen LogP contribution is -2.33. The van der Waals surface area contributed by atoms with Gasteiger partial charge in [-0.1, -0.05) is 6.92 Å². The number of hydrogen-bond donors (Lipinski definition) is 2. The van der Waals surface area contributed by atoms with Crippen molar-refractivity contribution >= 4 is 17.7 Å². The van der Waals surface area contributed by atoms with Crippen molar-refractivity contribution in [2.75, 3.05) is 12.9 Å². The van der Waals surface area contributed by atoms with Crippen LogP contribution in [-0.4, -0.2) is 35.2 Å². The zero-order chi connectivity index (χ0) is 11.0. The molecule has 0 aromatic rings.